The van der Waals surface area contributed by atoms with Crippen LogP contribution >= 0.6 is 0 Å². The predicted octanol–water partition coefficient (Wildman–Crippen LogP) is 5.51. The molecule has 5 nitrogen and oxygen atoms in total. The first-order chi connectivity index (χ1) is 15.4. The maximum atomic E-state index is 10.6. The Hall–Kier alpha value is -2.63. The molecule has 1 unspecified atom stereocenters. The smallest absolute Gasteiger partial charge is 0.227 e. The van der Waals surface area contributed by atoms with E-state index in [2.05, 4.69) is 37.8 Å². The standard InChI is InChI=1S/C27H35N3O2/c1-19(2)26(31)18-29(16-22-12-13-22)17-25-21(4)28-30(23-8-6-5-7-9-23)27(25)32-24-14-10-20(3)11-15-24/h5-11,14-15,19,22,26,31H,12-13,16-18H2,1-4H3. The molecule has 0 amide bonds. The highest BCUT2D eigenvalue weighted by atomic mass is 16.5. The molecule has 1 fully saturated rings. The zero-order chi connectivity index (χ0) is 22.7. The van der Waals surface area contributed by atoms with Gasteiger partial charge < -0.3 is 9.84 Å². The number of ether oxygens (including phenoxy) is 1. The van der Waals surface area contributed by atoms with Gasteiger partial charge in [-0.1, -0.05) is 49.7 Å². The molecule has 1 aliphatic rings. The number of hydrogen-bond acceptors (Lipinski definition) is 4. The molecule has 0 radical (unpaired) electrons. The molecule has 1 N–H and O–H groups in total. The van der Waals surface area contributed by atoms with Gasteiger partial charge in [0.1, 0.15) is 5.75 Å². The van der Waals surface area contributed by atoms with Gasteiger partial charge in [-0.3, -0.25) is 4.90 Å². The van der Waals surface area contributed by atoms with Crippen LogP contribution in [0.5, 0.6) is 11.6 Å². The second-order valence-corrected chi connectivity index (χ2v) is 9.48. The molecule has 0 bridgehead atoms. The average molecular weight is 434 g/mol. The van der Waals surface area contributed by atoms with Gasteiger partial charge in [0, 0.05) is 19.6 Å². The van der Waals surface area contributed by atoms with E-state index in [9.17, 15) is 5.11 Å². The van der Waals surface area contributed by atoms with E-state index in [0.717, 1.165) is 41.0 Å². The van der Waals surface area contributed by atoms with Crippen molar-refractivity contribution in [2.75, 3.05) is 13.1 Å². The van der Waals surface area contributed by atoms with E-state index in [1.807, 2.05) is 54.1 Å². The summed E-state index contributed by atoms with van der Waals surface area (Å²) < 4.78 is 8.36. The Morgan fingerprint density at radius 2 is 1.75 bits per heavy atom. The SMILES string of the molecule is Cc1ccc(Oc2c(CN(CC3CC3)CC(O)C(C)C)c(C)nn2-c2ccccc2)cc1. The maximum Gasteiger partial charge on any atom is 0.227 e. The van der Waals surface area contributed by atoms with Crippen molar-refractivity contribution in [2.45, 2.75) is 53.2 Å². The molecule has 4 rings (SSSR count). The van der Waals surface area contributed by atoms with Crippen LogP contribution < -0.4 is 4.74 Å². The first kappa shape index (κ1) is 22.6. The van der Waals surface area contributed by atoms with Crippen LogP contribution in [0.1, 0.15) is 43.5 Å². The van der Waals surface area contributed by atoms with Crippen molar-refractivity contribution in [1.29, 1.82) is 0 Å². The van der Waals surface area contributed by atoms with Crippen LogP contribution in [0.3, 0.4) is 0 Å². The summed E-state index contributed by atoms with van der Waals surface area (Å²) in [6.07, 6.45) is 2.21. The van der Waals surface area contributed by atoms with Gasteiger partial charge in [-0.25, -0.2) is 4.68 Å². The molecule has 0 spiro atoms. The third-order valence-corrected chi connectivity index (χ3v) is 6.18. The minimum atomic E-state index is -0.348. The number of aliphatic hydroxyl groups excluding tert-OH is 1. The molecule has 5 heteroatoms. The van der Waals surface area contributed by atoms with Gasteiger partial charge in [0.05, 0.1) is 23.0 Å². The van der Waals surface area contributed by atoms with E-state index in [-0.39, 0.29) is 12.0 Å². The predicted molar refractivity (Wildman–Crippen MR) is 128 cm³/mol. The first-order valence-corrected chi connectivity index (χ1v) is 11.7. The summed E-state index contributed by atoms with van der Waals surface area (Å²) in [5, 5.41) is 15.5. The molecule has 3 aromatic rings. The Balaban J connectivity index is 1.69. The van der Waals surface area contributed by atoms with E-state index in [1.165, 1.54) is 18.4 Å². The third kappa shape index (κ3) is 5.59. The van der Waals surface area contributed by atoms with Crippen LogP contribution in [0.15, 0.2) is 54.6 Å². The van der Waals surface area contributed by atoms with Crippen molar-refractivity contribution < 1.29 is 9.84 Å². The highest BCUT2D eigenvalue weighted by Crippen LogP contribution is 2.34. The zero-order valence-corrected chi connectivity index (χ0v) is 19.7. The van der Waals surface area contributed by atoms with Gasteiger partial charge in [0.2, 0.25) is 5.88 Å². The molecule has 32 heavy (non-hydrogen) atoms. The minimum absolute atomic E-state index is 0.230. The lowest BCUT2D eigenvalue weighted by atomic mass is 10.1. The van der Waals surface area contributed by atoms with Crippen LogP contribution in [0, 0.1) is 25.7 Å². The van der Waals surface area contributed by atoms with Gasteiger partial charge in [0.15, 0.2) is 0 Å². The van der Waals surface area contributed by atoms with E-state index in [4.69, 9.17) is 9.84 Å². The molecule has 170 valence electrons. The lowest BCUT2D eigenvalue weighted by Gasteiger charge is -2.27. The highest BCUT2D eigenvalue weighted by molar-refractivity contribution is 5.43. The zero-order valence-electron chi connectivity index (χ0n) is 19.7. The molecule has 1 aliphatic carbocycles. The summed E-state index contributed by atoms with van der Waals surface area (Å²) in [4.78, 5) is 2.38. The highest BCUT2D eigenvalue weighted by Gasteiger charge is 2.28. The summed E-state index contributed by atoms with van der Waals surface area (Å²) in [6, 6.07) is 18.2. The van der Waals surface area contributed by atoms with Crippen LogP contribution in [0.4, 0.5) is 0 Å². The van der Waals surface area contributed by atoms with E-state index in [0.29, 0.717) is 13.1 Å². The quantitative estimate of drug-likeness (QED) is 0.458. The van der Waals surface area contributed by atoms with E-state index >= 15 is 0 Å². The van der Waals surface area contributed by atoms with Gasteiger partial charge in [-0.15, -0.1) is 0 Å². The molecular formula is C27H35N3O2. The fraction of sp³-hybridized carbons (Fsp3) is 0.444. The normalized spacial score (nSPS) is 14.8. The fourth-order valence-corrected chi connectivity index (χ4v) is 3.86. The number of rotatable bonds is 10. The third-order valence-electron chi connectivity index (χ3n) is 6.18. The largest absolute Gasteiger partial charge is 0.439 e. The molecular weight excluding hydrogens is 398 g/mol. The number of aliphatic hydroxyl groups is 1. The number of aromatic nitrogens is 2. The number of hydrogen-bond donors (Lipinski definition) is 1. The van der Waals surface area contributed by atoms with Gasteiger partial charge in [-0.05, 0) is 62.8 Å². The molecule has 0 aliphatic heterocycles. The molecule has 1 aromatic heterocycles. The second kappa shape index (κ2) is 9.88. The summed E-state index contributed by atoms with van der Waals surface area (Å²) in [5.41, 5.74) is 4.20. The number of benzene rings is 2. The summed E-state index contributed by atoms with van der Waals surface area (Å²) in [5.74, 6) is 2.51. The summed E-state index contributed by atoms with van der Waals surface area (Å²) in [7, 11) is 0. The van der Waals surface area contributed by atoms with Crippen molar-refractivity contribution in [3.8, 4) is 17.3 Å². The minimum Gasteiger partial charge on any atom is -0.439 e. The van der Waals surface area contributed by atoms with Gasteiger partial charge >= 0.3 is 0 Å². The molecule has 1 heterocycles. The monoisotopic (exact) mass is 433 g/mol. The Morgan fingerprint density at radius 3 is 2.38 bits per heavy atom. The number of para-hydroxylation sites is 1. The van der Waals surface area contributed by atoms with Crippen LogP contribution in [0.25, 0.3) is 5.69 Å². The van der Waals surface area contributed by atoms with E-state index in [1.54, 1.807) is 0 Å². The number of aryl methyl sites for hydroxylation is 2. The Bertz CT molecular complexity index is 1010. The second-order valence-electron chi connectivity index (χ2n) is 9.48. The molecule has 2 aromatic carbocycles. The average Bonchev–Trinajstić information content (AvgIpc) is 3.55. The van der Waals surface area contributed by atoms with Crippen molar-refractivity contribution >= 4 is 0 Å². The van der Waals surface area contributed by atoms with Gasteiger partial charge in [-0.2, -0.15) is 5.10 Å². The first-order valence-electron chi connectivity index (χ1n) is 11.7. The molecule has 1 saturated carbocycles. The van der Waals surface area contributed by atoms with Gasteiger partial charge in [0.25, 0.3) is 0 Å². The van der Waals surface area contributed by atoms with E-state index < -0.39 is 0 Å². The van der Waals surface area contributed by atoms with Crippen molar-refractivity contribution in [1.82, 2.24) is 14.7 Å². The Morgan fingerprint density at radius 1 is 1.06 bits per heavy atom. The topological polar surface area (TPSA) is 50.5 Å². The summed E-state index contributed by atoms with van der Waals surface area (Å²) >= 11 is 0. The number of nitrogens with zero attached hydrogens (tertiary/aromatic N) is 3. The van der Waals surface area contributed by atoms with Crippen LogP contribution in [-0.4, -0.2) is 39.0 Å². The Labute approximate surface area is 191 Å². The van der Waals surface area contributed by atoms with Crippen molar-refractivity contribution in [3.63, 3.8) is 0 Å². The summed E-state index contributed by atoms with van der Waals surface area (Å²) in [6.45, 7) is 10.6. The van der Waals surface area contributed by atoms with Crippen molar-refractivity contribution in [3.05, 3.63) is 71.4 Å². The van der Waals surface area contributed by atoms with Crippen LogP contribution in [-0.2, 0) is 6.54 Å². The molecule has 1 atom stereocenters. The van der Waals surface area contributed by atoms with Crippen LogP contribution in [0.2, 0.25) is 0 Å². The molecule has 0 saturated heterocycles. The maximum absolute atomic E-state index is 10.6. The Kier molecular flexibility index (Phi) is 6.97. The van der Waals surface area contributed by atoms with Crippen molar-refractivity contribution in [2.24, 2.45) is 11.8 Å². The lowest BCUT2D eigenvalue weighted by molar-refractivity contribution is 0.0708. The fourth-order valence-electron chi connectivity index (χ4n) is 3.86. The lowest BCUT2D eigenvalue weighted by Crippen LogP contribution is -2.36.